The van der Waals surface area contributed by atoms with Crippen LogP contribution in [0.1, 0.15) is 122 Å². The lowest BCUT2D eigenvalue weighted by molar-refractivity contribution is -0.281. The third-order valence-electron chi connectivity index (χ3n) is 13.3. The first-order valence-corrected chi connectivity index (χ1v) is 26.9. The first-order valence-electron chi connectivity index (χ1n) is 26.9. The van der Waals surface area contributed by atoms with Gasteiger partial charge in [0.05, 0.1) is 41.9 Å². The first kappa shape index (κ1) is 59.2. The molecule has 0 saturated carbocycles. The van der Waals surface area contributed by atoms with E-state index in [1.165, 1.54) is 13.3 Å². The minimum absolute atomic E-state index is 0.0520. The summed E-state index contributed by atoms with van der Waals surface area (Å²) < 4.78 is 51.2. The van der Waals surface area contributed by atoms with Gasteiger partial charge in [0.25, 0.3) is 0 Å². The van der Waals surface area contributed by atoms with Crippen LogP contribution >= 0.6 is 0 Å². The lowest BCUT2D eigenvalue weighted by Crippen LogP contribution is -2.58. The van der Waals surface area contributed by atoms with Gasteiger partial charge in [0.15, 0.2) is 41.7 Å². The van der Waals surface area contributed by atoms with Gasteiger partial charge in [-0.1, -0.05) is 81.3 Å². The number of aliphatic imine (C=N–C) groups is 1. The number of hydrogen-bond acceptors (Lipinski definition) is 18. The first-order chi connectivity index (χ1) is 38.3. The minimum atomic E-state index is -1.20. The molecule has 1 unspecified atom stereocenters. The Labute approximate surface area is 459 Å². The molecule has 1 N–H and O–H groups in total. The van der Waals surface area contributed by atoms with Crippen LogP contribution < -0.4 is 5.32 Å². The molecule has 0 aliphatic carbocycles. The van der Waals surface area contributed by atoms with Crippen molar-refractivity contribution >= 4 is 58.9 Å². The van der Waals surface area contributed by atoms with E-state index in [1.54, 1.807) is 120 Å². The summed E-state index contributed by atoms with van der Waals surface area (Å²) in [6.45, 7) is 5.79. The SMILES string of the molecule is CC[C@H]1O[C@@H](n2cnc3c(N=CN(C)C)ncnc32)[C@@H](OCCCCCCNC(=O)CCCCO[C@@H]2O[C@H](COC(=O)c3ccccc3)[C@H](OC(=O)c3ccccc3)[C@H](OC(=O)c3ccccc3)[C@H]2C)C1OC(=O)CCC(C)=O. The van der Waals surface area contributed by atoms with Crippen LogP contribution in [-0.2, 0) is 52.3 Å². The number of imidazole rings is 1. The molecule has 1 amide bonds. The van der Waals surface area contributed by atoms with Gasteiger partial charge in [0.2, 0.25) is 5.91 Å². The molecular weight excluding hydrogens is 1020 g/mol. The topological polar surface area (TPSA) is 247 Å². The highest BCUT2D eigenvalue weighted by molar-refractivity contribution is 5.91. The average Bonchev–Trinajstić information content (AvgIpc) is 4.28. The number of fused-ring (bicyclic) bond motifs is 1. The standard InChI is InChI=1S/C58H71N7O14/c1-6-43-49(77-46(68)30-29-38(2)66)51(54(75-43)65-37-62-47-52(63-36-64(4)5)60-35-61-53(47)65)72-32-20-8-7-19-31-59-45(67)28-18-21-33-73-58-39(3)48(78-56(70)41-24-14-10-15-25-41)50(79-57(71)42-26-16-11-17-27-42)44(76-58)34-74-55(69)40-22-12-9-13-23-40/h9-17,22-27,35-37,39,43-44,48-51,54,58H,6-8,18-21,28-34H2,1-5H3,(H,59,67)/t39-,43-,44-,48-,49?,50+,51+,54-,58-/m1/s1. The zero-order chi connectivity index (χ0) is 56.1. The summed E-state index contributed by atoms with van der Waals surface area (Å²) in [5.41, 5.74) is 1.81. The zero-order valence-corrected chi connectivity index (χ0v) is 45.4. The number of benzene rings is 3. The maximum absolute atomic E-state index is 13.6. The van der Waals surface area contributed by atoms with E-state index in [1.807, 2.05) is 21.0 Å². The number of ketones is 1. The second kappa shape index (κ2) is 30.1. The Bertz CT molecular complexity index is 2800. The number of nitrogens with zero attached hydrogens (tertiary/aromatic N) is 6. The van der Waals surface area contributed by atoms with Crippen molar-refractivity contribution < 1.29 is 66.7 Å². The fourth-order valence-electron chi connectivity index (χ4n) is 9.09. The Kier molecular flexibility index (Phi) is 22.5. The number of rotatable bonds is 29. The third-order valence-corrected chi connectivity index (χ3v) is 13.3. The fourth-order valence-corrected chi connectivity index (χ4v) is 9.09. The molecule has 7 rings (SSSR count). The van der Waals surface area contributed by atoms with E-state index in [0.717, 1.165) is 19.3 Å². The lowest BCUT2D eigenvalue weighted by Gasteiger charge is -2.44. The zero-order valence-electron chi connectivity index (χ0n) is 45.4. The van der Waals surface area contributed by atoms with Gasteiger partial charge in [-0.05, 0) is 75.4 Å². The van der Waals surface area contributed by atoms with Crippen molar-refractivity contribution in [3.8, 4) is 0 Å². The highest BCUT2D eigenvalue weighted by Crippen LogP contribution is 2.38. The highest BCUT2D eigenvalue weighted by atomic mass is 16.7. The molecule has 0 bridgehead atoms. The fraction of sp³-hybridized carbons (Fsp3) is 0.483. The number of Topliss-reactive ketones (excluding diaryl/α,β-unsaturated/α-hetero) is 1. The Hall–Kier alpha value is -7.46. The third kappa shape index (κ3) is 17.0. The number of carbonyl (C=O) groups excluding carboxylic acids is 6. The van der Waals surface area contributed by atoms with Gasteiger partial charge in [-0.3, -0.25) is 14.2 Å². The number of nitrogens with one attached hydrogen (secondary N) is 1. The molecule has 2 saturated heterocycles. The molecule has 2 aliphatic rings. The summed E-state index contributed by atoms with van der Waals surface area (Å²) in [6.07, 6.45) is 2.44. The van der Waals surface area contributed by atoms with Crippen molar-refractivity contribution in [3.05, 3.63) is 120 Å². The number of carbonyl (C=O) groups is 6. The van der Waals surface area contributed by atoms with Gasteiger partial charge >= 0.3 is 23.9 Å². The number of esters is 4. The predicted octanol–water partition coefficient (Wildman–Crippen LogP) is 7.55. The van der Waals surface area contributed by atoms with Crippen LogP contribution in [0.25, 0.3) is 11.2 Å². The number of ether oxygens (including phenoxy) is 8. The Morgan fingerprint density at radius 1 is 0.671 bits per heavy atom. The molecule has 422 valence electrons. The Balaban J connectivity index is 0.881. The molecule has 79 heavy (non-hydrogen) atoms. The van der Waals surface area contributed by atoms with Gasteiger partial charge in [-0.25, -0.2) is 34.3 Å². The quantitative estimate of drug-likeness (QED) is 0.0160. The molecule has 2 fully saturated rings. The number of unbranched alkanes of at least 4 members (excludes halogenated alkanes) is 4. The van der Waals surface area contributed by atoms with Crippen LogP contribution in [0.5, 0.6) is 0 Å². The molecule has 9 atom stereocenters. The van der Waals surface area contributed by atoms with Gasteiger partial charge < -0.3 is 52.9 Å². The smallest absolute Gasteiger partial charge is 0.338 e. The van der Waals surface area contributed by atoms with Crippen LogP contribution in [0.3, 0.4) is 0 Å². The number of aromatic nitrogens is 4. The van der Waals surface area contributed by atoms with Crippen LogP contribution in [0.4, 0.5) is 5.82 Å². The van der Waals surface area contributed by atoms with Gasteiger partial charge in [-0.15, -0.1) is 0 Å². The normalized spacial score (nSPS) is 21.8. The molecule has 5 aromatic rings. The van der Waals surface area contributed by atoms with Gasteiger partial charge in [0, 0.05) is 52.6 Å². The highest BCUT2D eigenvalue weighted by Gasteiger charge is 2.50. The summed E-state index contributed by atoms with van der Waals surface area (Å²) in [5.74, 6) is -2.95. The van der Waals surface area contributed by atoms with E-state index in [-0.39, 0.29) is 55.3 Å². The number of hydrogen-bond donors (Lipinski definition) is 1. The summed E-state index contributed by atoms with van der Waals surface area (Å²) in [5, 5.41) is 3.00. The van der Waals surface area contributed by atoms with Crippen molar-refractivity contribution in [1.29, 1.82) is 0 Å². The summed E-state index contributed by atoms with van der Waals surface area (Å²) in [4.78, 5) is 97.3. The second-order valence-electron chi connectivity index (χ2n) is 19.6. The molecule has 2 aliphatic heterocycles. The largest absolute Gasteiger partial charge is 0.459 e. The van der Waals surface area contributed by atoms with Crippen molar-refractivity contribution in [2.45, 2.75) is 134 Å². The molecule has 21 nitrogen and oxygen atoms in total. The van der Waals surface area contributed by atoms with Crippen LogP contribution in [0, 0.1) is 5.92 Å². The van der Waals surface area contributed by atoms with Gasteiger partial charge in [-0.2, -0.15) is 0 Å². The van der Waals surface area contributed by atoms with Gasteiger partial charge in [0.1, 0.15) is 37.0 Å². The van der Waals surface area contributed by atoms with E-state index < -0.39 is 78.9 Å². The molecule has 0 radical (unpaired) electrons. The van der Waals surface area contributed by atoms with Crippen molar-refractivity contribution in [1.82, 2.24) is 29.7 Å². The maximum atomic E-state index is 13.6. The Morgan fingerprint density at radius 2 is 1.28 bits per heavy atom. The van der Waals surface area contributed by atoms with Crippen molar-refractivity contribution in [3.63, 3.8) is 0 Å². The molecule has 0 spiro atoms. The second-order valence-corrected chi connectivity index (χ2v) is 19.6. The maximum Gasteiger partial charge on any atom is 0.338 e. The molecule has 21 heteroatoms. The van der Waals surface area contributed by atoms with E-state index in [9.17, 15) is 28.8 Å². The van der Waals surface area contributed by atoms with Crippen LogP contribution in [0.15, 0.2) is 109 Å². The van der Waals surface area contributed by atoms with Crippen molar-refractivity contribution in [2.75, 3.05) is 40.5 Å². The van der Waals surface area contributed by atoms with E-state index >= 15 is 0 Å². The van der Waals surface area contributed by atoms with Crippen LogP contribution in [0.2, 0.25) is 0 Å². The van der Waals surface area contributed by atoms with Crippen molar-refractivity contribution in [2.24, 2.45) is 10.9 Å². The molecule has 4 heterocycles. The summed E-state index contributed by atoms with van der Waals surface area (Å²) >= 11 is 0. The summed E-state index contributed by atoms with van der Waals surface area (Å²) in [6, 6.07) is 25.2. The monoisotopic (exact) mass is 1090 g/mol. The lowest BCUT2D eigenvalue weighted by atomic mass is 9.91. The summed E-state index contributed by atoms with van der Waals surface area (Å²) in [7, 11) is 3.69. The van der Waals surface area contributed by atoms with E-state index in [4.69, 9.17) is 37.9 Å². The molecule has 3 aromatic carbocycles. The predicted molar refractivity (Wildman–Crippen MR) is 288 cm³/mol. The minimum Gasteiger partial charge on any atom is -0.459 e. The van der Waals surface area contributed by atoms with E-state index in [0.29, 0.717) is 61.4 Å². The molecular formula is C58H71N7O14. The average molecular weight is 1090 g/mol. The van der Waals surface area contributed by atoms with Crippen LogP contribution in [-0.4, -0.2) is 150 Å². The number of amides is 1. The molecule has 2 aromatic heterocycles. The Morgan fingerprint density at radius 3 is 1.92 bits per heavy atom. The van der Waals surface area contributed by atoms with E-state index in [2.05, 4.69) is 25.3 Å².